The zero-order valence-electron chi connectivity index (χ0n) is 84.3. The van der Waals surface area contributed by atoms with E-state index in [9.17, 15) is 0 Å². The van der Waals surface area contributed by atoms with Crippen LogP contribution < -0.4 is 0 Å². The van der Waals surface area contributed by atoms with Crippen LogP contribution in [0.5, 0.6) is 0 Å². The third kappa shape index (κ3) is 29.8. The number of para-hydroxylation sites is 8. The summed E-state index contributed by atoms with van der Waals surface area (Å²) >= 11 is 0. The largest absolute Gasteiger partial charge is 0.265 e. The van der Waals surface area contributed by atoms with Gasteiger partial charge in [0.25, 0.3) is 0 Å². The number of nitrogens with zero attached hydrogens (tertiary/aromatic N) is 18. The van der Waals surface area contributed by atoms with Gasteiger partial charge in [-0.25, -0.2) is 4.68 Å². The van der Waals surface area contributed by atoms with Gasteiger partial charge in [-0.1, -0.05) is 224 Å². The van der Waals surface area contributed by atoms with E-state index in [1.807, 2.05) is 345 Å². The molecule has 22 heteroatoms. The second-order valence-corrected chi connectivity index (χ2v) is 34.3. The van der Waals surface area contributed by atoms with Gasteiger partial charge in [0.05, 0.1) is 47.1 Å². The first-order chi connectivity index (χ1) is 71.5. The van der Waals surface area contributed by atoms with Gasteiger partial charge in [-0.2, -0.15) is 240 Å². The summed E-state index contributed by atoms with van der Waals surface area (Å²) in [5, 5.41) is 43.9. The zero-order valence-corrected chi connectivity index (χ0v) is 93.8. The van der Waals surface area contributed by atoms with Crippen LogP contribution in [-0.4, -0.2) is 88.7 Å². The molecule has 8 aromatic heterocycles. The van der Waals surface area contributed by atoms with Gasteiger partial charge in [-0.3, -0.25) is 28.1 Å². The van der Waals surface area contributed by atoms with Crippen LogP contribution in [-0.2, 0) is 80.4 Å². The molecule has 752 valence electrons. The molecule has 8 heterocycles. The molecule has 0 atom stereocenters. The SMILES string of the molecule is Cc1cc(C)n(-c2[c-]cccc2)n1.Cc1cc(C)n(-c2[c-]cccc2)n1.Cc1cc(C)n(-c2[c-]cccc2)n1.Cc1cc(C)n(-c2[c-]cccc2)n1.Cc1nn(-c2[c-]cccc2)c(C)c1-c1ccc(-c2ccccc2)cc1.[Ir].[Ir].[Ir].[Ir].[c-]1ccccc1-n1cc(-c2ccc(-c3ccccc3)cc2)cn1.[c-]1ccccc1-n1cc(-c2ccc(-c3ccccc3)cc2)nn1.[c-]1ccccc1-n1ncc(-c2ccc(-c3ccccc3)cc2)n1. The summed E-state index contributed by atoms with van der Waals surface area (Å²) in [6.45, 7) is 20.3. The fourth-order valence-electron chi connectivity index (χ4n) is 16.4. The molecule has 0 N–H and O–H groups in total. The van der Waals surface area contributed by atoms with Crippen molar-refractivity contribution in [3.05, 3.63) is 567 Å². The Morgan fingerprint density at radius 3 is 0.760 bits per heavy atom. The standard InChI is InChI=1S/C23H19N2.C21H15N2.2C20H14N3.4C11H11N2.4Ir/c1-17-23(18(2)25(24-17)22-11-7-4-8-12-22)21-15-13-20(14-16-21)19-9-5-3-6-10-19;1-3-7-17(8-4-1)18-11-13-19(14-12-18)20-15-22-23(16-20)21-9-5-2-6-10-21;1-3-7-16(8-4-1)17-11-13-18(14-12-17)20-15-23(22-21-20)19-9-5-2-6-10-19;1-3-7-16(8-4-1)17-11-13-18(14-12-17)20-15-21-23(22-20)19-9-5-2-6-10-19;4*1-9-8-10(2)13(12-9)11-6-4-3-5-7-11;;;;/h3-11,13-16H,1-2H3;1-9,11-16H;2*1-9,11-15H;4*3-6,8H,1-2H3;;;;/q8*-1;;;;. The van der Waals surface area contributed by atoms with E-state index in [2.05, 4.69) is 303 Å². The second-order valence-electron chi connectivity index (χ2n) is 34.3. The number of aryl methyl sites for hydroxylation is 9. The van der Waals surface area contributed by atoms with Crippen molar-refractivity contribution < 1.29 is 80.4 Å². The predicted octanol–water partition coefficient (Wildman–Crippen LogP) is 28.6. The quantitative estimate of drug-likeness (QED) is 0.0849. The Hall–Kier alpha value is -16.3. The van der Waals surface area contributed by atoms with Crippen molar-refractivity contribution in [2.24, 2.45) is 0 Å². The molecular formula is C128H106Ir4N18-8. The van der Waals surface area contributed by atoms with Crippen molar-refractivity contribution in [3.8, 4) is 135 Å². The fourth-order valence-corrected chi connectivity index (χ4v) is 16.4. The number of hydrogen-bond acceptors (Lipinski definition) is 10. The van der Waals surface area contributed by atoms with Crippen LogP contribution in [0.25, 0.3) is 135 Å². The average Bonchev–Trinajstić information content (AvgIpc) is 1.63. The first-order valence-electron chi connectivity index (χ1n) is 48.0. The second kappa shape index (κ2) is 55.4. The van der Waals surface area contributed by atoms with Crippen molar-refractivity contribution in [1.29, 1.82) is 0 Å². The Labute approximate surface area is 932 Å². The molecule has 150 heavy (non-hydrogen) atoms. The molecule has 0 saturated carbocycles. The summed E-state index contributed by atoms with van der Waals surface area (Å²) in [6, 6.07) is 171. The molecule has 0 aliphatic rings. The van der Waals surface area contributed by atoms with Crippen LogP contribution >= 0.6 is 0 Å². The van der Waals surface area contributed by atoms with Gasteiger partial charge >= 0.3 is 0 Å². The van der Waals surface area contributed by atoms with Crippen molar-refractivity contribution >= 4 is 0 Å². The minimum absolute atomic E-state index is 0. The summed E-state index contributed by atoms with van der Waals surface area (Å²) in [6.07, 6.45) is 7.61. The van der Waals surface area contributed by atoms with Gasteiger partial charge in [0.1, 0.15) is 11.4 Å². The molecule has 18 nitrogen and oxygen atoms in total. The van der Waals surface area contributed by atoms with Gasteiger partial charge in [0, 0.05) is 137 Å². The Morgan fingerprint density at radius 1 is 0.200 bits per heavy atom. The molecule has 0 saturated heterocycles. The van der Waals surface area contributed by atoms with Gasteiger partial charge in [0.15, 0.2) is 0 Å². The number of rotatable bonds is 16. The van der Waals surface area contributed by atoms with Crippen LogP contribution in [0.4, 0.5) is 0 Å². The summed E-state index contributed by atoms with van der Waals surface area (Å²) in [5.41, 5.74) is 36.6. The molecule has 0 unspecified atom stereocenters. The average molecular weight is 2670 g/mol. The summed E-state index contributed by atoms with van der Waals surface area (Å²) in [4.78, 5) is 1.60. The Balaban J connectivity index is 0.000000144. The van der Waals surface area contributed by atoms with Crippen molar-refractivity contribution in [2.45, 2.75) is 69.2 Å². The molecular weight excluding hydrogens is 2560 g/mol. The summed E-state index contributed by atoms with van der Waals surface area (Å²) in [7, 11) is 0. The van der Waals surface area contributed by atoms with Gasteiger partial charge in [-0.05, 0) is 195 Å². The molecule has 0 aliphatic heterocycles. The van der Waals surface area contributed by atoms with E-state index in [4.69, 9.17) is 5.10 Å². The fraction of sp³-hybridized carbons (Fsp3) is 0.0781. The van der Waals surface area contributed by atoms with Crippen LogP contribution in [0.15, 0.2) is 462 Å². The molecule has 0 spiro atoms. The first-order valence-corrected chi connectivity index (χ1v) is 48.0. The molecule has 16 aromatic carbocycles. The van der Waals surface area contributed by atoms with Gasteiger partial charge < -0.3 is 0 Å². The van der Waals surface area contributed by atoms with E-state index in [1.165, 1.54) is 55.6 Å². The smallest absolute Gasteiger partial charge is 0.113 e. The Bertz CT molecular complexity index is 7420. The number of benzene rings is 16. The van der Waals surface area contributed by atoms with E-state index in [-0.39, 0.29) is 80.4 Å². The molecule has 0 amide bonds. The minimum Gasteiger partial charge on any atom is -0.265 e. The van der Waals surface area contributed by atoms with Gasteiger partial charge in [-0.15, -0.1) is 53.6 Å². The summed E-state index contributed by atoms with van der Waals surface area (Å²) < 4.78 is 13.1. The van der Waals surface area contributed by atoms with E-state index in [0.29, 0.717) is 0 Å². The minimum atomic E-state index is 0. The van der Waals surface area contributed by atoms with Crippen molar-refractivity contribution in [3.63, 3.8) is 0 Å². The first kappa shape index (κ1) is 111. The van der Waals surface area contributed by atoms with E-state index >= 15 is 0 Å². The van der Waals surface area contributed by atoms with Crippen LogP contribution in [0.2, 0.25) is 0 Å². The van der Waals surface area contributed by atoms with E-state index < -0.39 is 0 Å². The van der Waals surface area contributed by atoms with Crippen LogP contribution in [0.1, 0.15) is 56.9 Å². The summed E-state index contributed by atoms with van der Waals surface area (Å²) in [5.74, 6) is 0. The topological polar surface area (TPSA) is 168 Å². The molecule has 24 rings (SSSR count). The molecule has 24 aromatic rings. The molecule has 0 aliphatic carbocycles. The maximum atomic E-state index is 4.72. The van der Waals surface area contributed by atoms with Gasteiger partial charge in [0.2, 0.25) is 0 Å². The maximum Gasteiger partial charge on any atom is 0.113 e. The maximum absolute atomic E-state index is 4.72. The third-order valence-corrected chi connectivity index (χ3v) is 23.5. The number of hydrogen-bond donors (Lipinski definition) is 0. The monoisotopic (exact) mass is 2670 g/mol. The Morgan fingerprint density at radius 2 is 0.460 bits per heavy atom. The normalized spacial score (nSPS) is 10.3. The molecule has 0 bridgehead atoms. The van der Waals surface area contributed by atoms with E-state index in [1.54, 1.807) is 15.7 Å². The molecule has 4 radical (unpaired) electrons. The van der Waals surface area contributed by atoms with Crippen LogP contribution in [0.3, 0.4) is 0 Å². The Kier molecular flexibility index (Phi) is 41.0. The zero-order chi connectivity index (χ0) is 101. The van der Waals surface area contributed by atoms with E-state index in [0.717, 1.165) is 136 Å². The predicted molar refractivity (Wildman–Crippen MR) is 586 cm³/mol. The number of aromatic nitrogens is 18. The van der Waals surface area contributed by atoms with Crippen LogP contribution in [0, 0.1) is 118 Å². The van der Waals surface area contributed by atoms with Crippen molar-refractivity contribution in [1.82, 2.24) is 88.7 Å². The van der Waals surface area contributed by atoms with Crippen molar-refractivity contribution in [2.75, 3.05) is 0 Å². The molecule has 0 fully saturated rings. The third-order valence-electron chi connectivity index (χ3n) is 23.5.